The molecule has 1 aliphatic carbocycles. The average molecular weight is 548 g/mol. The van der Waals surface area contributed by atoms with Crippen molar-refractivity contribution in [2.75, 3.05) is 19.6 Å². The molecule has 0 spiro atoms. The normalized spacial score (nSPS) is 20.8. The molecule has 0 aromatic heterocycles. The Hall–Kier alpha value is -0.570. The van der Waals surface area contributed by atoms with Crippen molar-refractivity contribution in [1.29, 1.82) is 0 Å². The van der Waals surface area contributed by atoms with Gasteiger partial charge in [-0.05, 0) is 76.4 Å². The number of likely N-dealkylation sites (tertiary alicyclic amines) is 1. The van der Waals surface area contributed by atoms with Gasteiger partial charge in [0.05, 0.1) is 5.92 Å². The highest BCUT2D eigenvalue weighted by Crippen LogP contribution is 2.45. The van der Waals surface area contributed by atoms with E-state index < -0.39 is 0 Å². The number of ether oxygens (including phenoxy) is 1. The Labute approximate surface area is 245 Å². The zero-order chi connectivity index (χ0) is 28.0. The molecule has 1 saturated carbocycles. The van der Waals surface area contributed by atoms with Crippen LogP contribution >= 0.6 is 0 Å². The Morgan fingerprint density at radius 2 is 1.08 bits per heavy atom. The second-order valence-corrected chi connectivity index (χ2v) is 13.3. The van der Waals surface area contributed by atoms with E-state index in [0.717, 1.165) is 57.2 Å². The van der Waals surface area contributed by atoms with Gasteiger partial charge in [0.25, 0.3) is 0 Å². The Balaban J connectivity index is 1.54. The highest BCUT2D eigenvalue weighted by Gasteiger charge is 2.35. The first-order valence-electron chi connectivity index (χ1n) is 18.1. The summed E-state index contributed by atoms with van der Waals surface area (Å²) < 4.78 is 6.19. The van der Waals surface area contributed by atoms with E-state index in [1.807, 2.05) is 0 Å². The van der Waals surface area contributed by atoms with Crippen LogP contribution in [0.4, 0.5) is 0 Å². The molecule has 2 aliphatic rings. The summed E-state index contributed by atoms with van der Waals surface area (Å²) in [7, 11) is 0. The van der Waals surface area contributed by atoms with Crippen LogP contribution < -0.4 is 0 Å². The molecule has 39 heavy (non-hydrogen) atoms. The zero-order valence-corrected chi connectivity index (χ0v) is 26.9. The monoisotopic (exact) mass is 548 g/mol. The number of hydrogen-bond acceptors (Lipinski definition) is 3. The molecule has 3 atom stereocenters. The number of hydrogen-bond donors (Lipinski definition) is 0. The highest BCUT2D eigenvalue weighted by molar-refractivity contribution is 5.72. The minimum atomic E-state index is 0.110. The minimum absolute atomic E-state index is 0.110. The van der Waals surface area contributed by atoms with Crippen molar-refractivity contribution in [3.63, 3.8) is 0 Å². The number of carbonyl (C=O) groups excluding carboxylic acids is 1. The van der Waals surface area contributed by atoms with E-state index in [2.05, 4.69) is 25.7 Å². The third-order valence-corrected chi connectivity index (χ3v) is 9.88. The lowest BCUT2D eigenvalue weighted by molar-refractivity contribution is -0.156. The molecule has 0 amide bonds. The van der Waals surface area contributed by atoms with Crippen molar-refractivity contribution in [3.8, 4) is 0 Å². The number of unbranched alkanes of at least 4 members (excludes halogenated alkanes) is 15. The summed E-state index contributed by atoms with van der Waals surface area (Å²) in [5.41, 5.74) is 0. The molecule has 3 nitrogen and oxygen atoms in total. The van der Waals surface area contributed by atoms with E-state index in [-0.39, 0.29) is 18.0 Å². The van der Waals surface area contributed by atoms with Crippen LogP contribution in [0.15, 0.2) is 0 Å². The van der Waals surface area contributed by atoms with E-state index in [4.69, 9.17) is 4.74 Å². The van der Waals surface area contributed by atoms with Gasteiger partial charge in [-0.15, -0.1) is 0 Å². The van der Waals surface area contributed by atoms with E-state index >= 15 is 0 Å². The van der Waals surface area contributed by atoms with E-state index in [1.54, 1.807) is 0 Å². The maximum Gasteiger partial charge on any atom is 0.309 e. The first-order valence-corrected chi connectivity index (χ1v) is 18.1. The van der Waals surface area contributed by atoms with Crippen molar-refractivity contribution in [3.05, 3.63) is 0 Å². The molecule has 2 fully saturated rings. The minimum Gasteiger partial charge on any atom is -0.462 e. The molecule has 0 N–H and O–H groups in total. The van der Waals surface area contributed by atoms with Crippen molar-refractivity contribution in [2.24, 2.45) is 17.8 Å². The van der Waals surface area contributed by atoms with E-state index in [9.17, 15) is 4.79 Å². The summed E-state index contributed by atoms with van der Waals surface area (Å²) in [6.45, 7) is 10.0. The molecule has 1 heterocycles. The summed E-state index contributed by atoms with van der Waals surface area (Å²) in [4.78, 5) is 15.4. The molecular weight excluding hydrogens is 478 g/mol. The third-order valence-electron chi connectivity index (χ3n) is 9.88. The fourth-order valence-electron chi connectivity index (χ4n) is 6.85. The van der Waals surface area contributed by atoms with Crippen molar-refractivity contribution in [2.45, 2.75) is 187 Å². The summed E-state index contributed by atoms with van der Waals surface area (Å²) >= 11 is 0. The summed E-state index contributed by atoms with van der Waals surface area (Å²) in [6.07, 6.45) is 33.5. The summed E-state index contributed by atoms with van der Waals surface area (Å²) in [5.74, 6) is 2.39. The van der Waals surface area contributed by atoms with Crippen LogP contribution in [-0.2, 0) is 9.53 Å². The van der Waals surface area contributed by atoms with Gasteiger partial charge in [0.15, 0.2) is 0 Å². The number of nitrogens with zero attached hydrogens (tertiary/aromatic N) is 1. The number of esters is 1. The topological polar surface area (TPSA) is 29.5 Å². The molecule has 3 unspecified atom stereocenters. The fourth-order valence-corrected chi connectivity index (χ4v) is 6.85. The van der Waals surface area contributed by atoms with Gasteiger partial charge in [-0.1, -0.05) is 136 Å². The Bertz CT molecular complexity index is 570. The molecule has 3 heteroatoms. The fraction of sp³-hybridized carbons (Fsp3) is 0.972. The number of piperidine rings is 1. The lowest BCUT2D eigenvalue weighted by Gasteiger charge is -2.30. The van der Waals surface area contributed by atoms with E-state index in [1.165, 1.54) is 135 Å². The van der Waals surface area contributed by atoms with Crippen LogP contribution in [0.3, 0.4) is 0 Å². The van der Waals surface area contributed by atoms with Crippen molar-refractivity contribution < 1.29 is 9.53 Å². The maximum atomic E-state index is 13.0. The van der Waals surface area contributed by atoms with E-state index in [0.29, 0.717) is 0 Å². The molecule has 2 rings (SSSR count). The van der Waals surface area contributed by atoms with Gasteiger partial charge >= 0.3 is 5.97 Å². The summed E-state index contributed by atoms with van der Waals surface area (Å²) in [6, 6.07) is 0. The van der Waals surface area contributed by atoms with Gasteiger partial charge < -0.3 is 9.64 Å². The van der Waals surface area contributed by atoms with Gasteiger partial charge in [0.2, 0.25) is 0 Å². The van der Waals surface area contributed by atoms with Crippen LogP contribution in [-0.4, -0.2) is 36.6 Å². The lowest BCUT2D eigenvalue weighted by atomic mass is 9.96. The highest BCUT2D eigenvalue weighted by atomic mass is 16.5. The van der Waals surface area contributed by atoms with Gasteiger partial charge in [-0.3, -0.25) is 4.79 Å². The first kappa shape index (κ1) is 34.6. The molecular formula is C36H69NO2. The first-order chi connectivity index (χ1) is 19.2. The average Bonchev–Trinajstić information content (AvgIpc) is 3.71. The second kappa shape index (κ2) is 23.0. The van der Waals surface area contributed by atoms with Gasteiger partial charge in [0.1, 0.15) is 6.10 Å². The zero-order valence-electron chi connectivity index (χ0n) is 26.9. The Morgan fingerprint density at radius 1 is 0.641 bits per heavy atom. The largest absolute Gasteiger partial charge is 0.462 e. The third kappa shape index (κ3) is 17.1. The number of rotatable bonds is 26. The molecule has 230 valence electrons. The molecule has 0 bridgehead atoms. The number of carbonyl (C=O) groups is 1. The predicted molar refractivity (Wildman–Crippen MR) is 169 cm³/mol. The molecule has 1 aliphatic heterocycles. The van der Waals surface area contributed by atoms with Crippen molar-refractivity contribution >= 4 is 5.97 Å². The molecule has 1 saturated heterocycles. The van der Waals surface area contributed by atoms with Gasteiger partial charge in [0, 0.05) is 0 Å². The van der Waals surface area contributed by atoms with Crippen LogP contribution in [0.5, 0.6) is 0 Å². The molecule has 0 aromatic rings. The SMILES string of the molecule is CCCCCCCCCC(CCCCCCCC1CC1CCCCCCCC)OC(=O)C1CCN(CC)CC1. The second-order valence-electron chi connectivity index (χ2n) is 13.3. The Kier molecular flexibility index (Phi) is 20.5. The maximum absolute atomic E-state index is 13.0. The van der Waals surface area contributed by atoms with Gasteiger partial charge in [-0.25, -0.2) is 0 Å². The molecule has 0 radical (unpaired) electrons. The van der Waals surface area contributed by atoms with Crippen LogP contribution in [0, 0.1) is 17.8 Å². The van der Waals surface area contributed by atoms with Crippen LogP contribution in [0.25, 0.3) is 0 Å². The Morgan fingerprint density at radius 3 is 1.54 bits per heavy atom. The summed E-state index contributed by atoms with van der Waals surface area (Å²) in [5, 5.41) is 0. The quantitative estimate of drug-likeness (QED) is 0.0796. The lowest BCUT2D eigenvalue weighted by Crippen LogP contribution is -2.37. The standard InChI is InChI=1S/C36H69NO2/c1-4-7-9-11-13-17-21-25-35(39-36(38)32-27-29-37(6-3)30-28-32)26-22-18-14-16-20-24-34-31-33(34)23-19-15-12-10-8-5-2/h32-35H,4-31H2,1-3H3. The van der Waals surface area contributed by atoms with Crippen LogP contribution in [0.1, 0.15) is 181 Å². The smallest absolute Gasteiger partial charge is 0.309 e. The van der Waals surface area contributed by atoms with Gasteiger partial charge in [-0.2, -0.15) is 0 Å². The predicted octanol–water partition coefficient (Wildman–Crippen LogP) is 10.9. The van der Waals surface area contributed by atoms with Crippen LogP contribution in [0.2, 0.25) is 0 Å². The van der Waals surface area contributed by atoms with Crippen molar-refractivity contribution in [1.82, 2.24) is 4.90 Å². The molecule has 0 aromatic carbocycles.